The van der Waals surface area contributed by atoms with E-state index in [0.29, 0.717) is 18.5 Å². The number of guanidine groups is 1. The zero-order chi connectivity index (χ0) is 21.3. The molecule has 158 valence electrons. The fourth-order valence-electron chi connectivity index (χ4n) is 3.56. The summed E-state index contributed by atoms with van der Waals surface area (Å²) in [5.74, 6) is -1.11. The maximum atomic E-state index is 12.4. The predicted octanol–water partition coefficient (Wildman–Crippen LogP) is 2.94. The van der Waals surface area contributed by atoms with Gasteiger partial charge in [-0.3, -0.25) is 14.9 Å². The number of aliphatic carboxylic acids is 1. The minimum Gasteiger partial charge on any atom is -0.481 e. The van der Waals surface area contributed by atoms with Crippen LogP contribution in [0.3, 0.4) is 0 Å². The van der Waals surface area contributed by atoms with Gasteiger partial charge in [0.15, 0.2) is 5.96 Å². The van der Waals surface area contributed by atoms with Crippen molar-refractivity contribution in [2.75, 3.05) is 18.0 Å². The Balaban J connectivity index is 1.59. The molecule has 1 heterocycles. The van der Waals surface area contributed by atoms with Gasteiger partial charge in [0.2, 0.25) is 0 Å². The third-order valence-electron chi connectivity index (χ3n) is 5.19. The van der Waals surface area contributed by atoms with Crippen LogP contribution >= 0.6 is 0 Å². The first-order valence-corrected chi connectivity index (χ1v) is 10.3. The fraction of sp³-hybridized carbons (Fsp3) is 0.348. The third-order valence-corrected chi connectivity index (χ3v) is 5.19. The summed E-state index contributed by atoms with van der Waals surface area (Å²) in [6, 6.07) is 15.0. The van der Waals surface area contributed by atoms with Gasteiger partial charge in [-0.15, -0.1) is 0 Å². The minimum absolute atomic E-state index is 0.0596. The molecule has 1 fully saturated rings. The second-order valence-corrected chi connectivity index (χ2v) is 7.42. The van der Waals surface area contributed by atoms with Gasteiger partial charge >= 0.3 is 5.97 Å². The highest BCUT2D eigenvalue weighted by Crippen LogP contribution is 2.24. The summed E-state index contributed by atoms with van der Waals surface area (Å²) in [4.78, 5) is 29.8. The van der Waals surface area contributed by atoms with Gasteiger partial charge in [-0.05, 0) is 55.0 Å². The summed E-state index contributed by atoms with van der Waals surface area (Å²) in [6.45, 7) is 2.50. The Morgan fingerprint density at radius 3 is 2.43 bits per heavy atom. The number of amides is 1. The van der Waals surface area contributed by atoms with E-state index in [4.69, 9.17) is 10.8 Å². The molecule has 0 bridgehead atoms. The summed E-state index contributed by atoms with van der Waals surface area (Å²) in [5, 5.41) is 11.4. The Morgan fingerprint density at radius 1 is 1.03 bits per heavy atom. The smallest absolute Gasteiger partial charge is 0.303 e. The first-order valence-electron chi connectivity index (χ1n) is 10.3. The van der Waals surface area contributed by atoms with Gasteiger partial charge in [0.25, 0.3) is 5.91 Å². The van der Waals surface area contributed by atoms with Gasteiger partial charge in [-0.25, -0.2) is 4.99 Å². The zero-order valence-corrected chi connectivity index (χ0v) is 17.0. The lowest BCUT2D eigenvalue weighted by Gasteiger charge is -2.30. The van der Waals surface area contributed by atoms with E-state index in [9.17, 15) is 9.59 Å². The van der Waals surface area contributed by atoms with Crippen molar-refractivity contribution in [2.24, 2.45) is 10.7 Å². The van der Waals surface area contributed by atoms with Crippen molar-refractivity contribution in [3.63, 3.8) is 0 Å². The van der Waals surface area contributed by atoms with Crippen LogP contribution in [0, 0.1) is 0 Å². The second-order valence-electron chi connectivity index (χ2n) is 7.42. The monoisotopic (exact) mass is 408 g/mol. The number of carbonyl (C=O) groups is 2. The molecule has 0 unspecified atom stereocenters. The zero-order valence-electron chi connectivity index (χ0n) is 17.0. The number of carboxylic acids is 1. The molecule has 0 aliphatic carbocycles. The summed E-state index contributed by atoms with van der Waals surface area (Å²) in [7, 11) is 0. The standard InChI is InChI=1S/C23H28N4O3/c24-23(26-22(30)18-11-8-17(9-12-18)10-13-21(28)29)25-16-19-6-2-3-7-20(19)27-14-4-1-5-15-27/h2-3,6-9,11-12H,1,4-5,10,13-16H2,(H,28,29)(H3,24,25,26,30). The Labute approximate surface area is 176 Å². The second kappa shape index (κ2) is 10.4. The number of aryl methyl sites for hydroxylation is 1. The van der Waals surface area contributed by atoms with Crippen LogP contribution in [0.1, 0.15) is 47.2 Å². The van der Waals surface area contributed by atoms with Gasteiger partial charge in [0, 0.05) is 30.8 Å². The molecule has 1 aliphatic rings. The van der Waals surface area contributed by atoms with Crippen LogP contribution in [0.2, 0.25) is 0 Å². The molecule has 4 N–H and O–H groups in total. The van der Waals surface area contributed by atoms with Crippen molar-refractivity contribution in [1.29, 1.82) is 0 Å². The topological polar surface area (TPSA) is 108 Å². The van der Waals surface area contributed by atoms with E-state index in [-0.39, 0.29) is 18.3 Å². The van der Waals surface area contributed by atoms with Gasteiger partial charge in [0.05, 0.1) is 6.54 Å². The number of hydrogen-bond acceptors (Lipinski definition) is 4. The maximum absolute atomic E-state index is 12.4. The van der Waals surface area contributed by atoms with Gasteiger partial charge in [0.1, 0.15) is 0 Å². The first-order chi connectivity index (χ1) is 14.5. The van der Waals surface area contributed by atoms with Crippen molar-refractivity contribution in [1.82, 2.24) is 5.32 Å². The average molecular weight is 409 g/mol. The Bertz CT molecular complexity index is 903. The molecular weight excluding hydrogens is 380 g/mol. The predicted molar refractivity (Wildman–Crippen MR) is 118 cm³/mol. The van der Waals surface area contributed by atoms with Crippen LogP contribution in [0.15, 0.2) is 53.5 Å². The number of nitrogens with two attached hydrogens (primary N) is 1. The van der Waals surface area contributed by atoms with Crippen molar-refractivity contribution in [2.45, 2.75) is 38.6 Å². The molecule has 3 rings (SSSR count). The molecule has 0 aromatic heterocycles. The number of nitrogens with one attached hydrogen (secondary N) is 1. The van der Waals surface area contributed by atoms with E-state index in [1.54, 1.807) is 24.3 Å². The maximum Gasteiger partial charge on any atom is 0.303 e. The van der Waals surface area contributed by atoms with E-state index < -0.39 is 5.97 Å². The molecule has 1 saturated heterocycles. The molecule has 7 heteroatoms. The van der Waals surface area contributed by atoms with Crippen LogP contribution in [-0.4, -0.2) is 36.0 Å². The molecule has 2 aromatic rings. The van der Waals surface area contributed by atoms with Gasteiger partial charge in [-0.1, -0.05) is 30.3 Å². The van der Waals surface area contributed by atoms with Crippen LogP contribution < -0.4 is 16.0 Å². The molecule has 1 amide bonds. The van der Waals surface area contributed by atoms with Crippen LogP contribution in [0.25, 0.3) is 0 Å². The van der Waals surface area contributed by atoms with Crippen LogP contribution in [-0.2, 0) is 17.8 Å². The van der Waals surface area contributed by atoms with Crippen molar-refractivity contribution < 1.29 is 14.7 Å². The normalized spacial score (nSPS) is 14.4. The highest BCUT2D eigenvalue weighted by Gasteiger charge is 2.14. The number of anilines is 1. The number of carboxylic acid groups (broad SMARTS) is 1. The highest BCUT2D eigenvalue weighted by molar-refractivity contribution is 6.05. The average Bonchev–Trinajstić information content (AvgIpc) is 2.77. The molecule has 0 atom stereocenters. The lowest BCUT2D eigenvalue weighted by Crippen LogP contribution is -2.36. The number of benzene rings is 2. The van der Waals surface area contributed by atoms with Crippen LogP contribution in [0.5, 0.6) is 0 Å². The SMILES string of the molecule is NC(=NCc1ccccc1N1CCCCC1)NC(=O)c1ccc(CCC(=O)O)cc1. The largest absolute Gasteiger partial charge is 0.481 e. The summed E-state index contributed by atoms with van der Waals surface area (Å²) >= 11 is 0. The van der Waals surface area contributed by atoms with Gasteiger partial charge < -0.3 is 15.7 Å². The number of para-hydroxylation sites is 1. The first kappa shape index (κ1) is 21.4. The molecular formula is C23H28N4O3. The molecule has 1 aliphatic heterocycles. The molecule has 0 radical (unpaired) electrons. The summed E-state index contributed by atoms with van der Waals surface area (Å²) < 4.78 is 0. The van der Waals surface area contributed by atoms with Crippen molar-refractivity contribution in [3.8, 4) is 0 Å². The Morgan fingerprint density at radius 2 is 1.73 bits per heavy atom. The van der Waals surface area contributed by atoms with Crippen molar-refractivity contribution >= 4 is 23.5 Å². The van der Waals surface area contributed by atoms with Crippen LogP contribution in [0.4, 0.5) is 5.69 Å². The molecule has 0 spiro atoms. The van der Waals surface area contributed by atoms with E-state index >= 15 is 0 Å². The number of rotatable bonds is 7. The molecule has 30 heavy (non-hydrogen) atoms. The number of carbonyl (C=O) groups excluding carboxylic acids is 1. The summed E-state index contributed by atoms with van der Waals surface area (Å²) in [5.41, 5.74) is 9.51. The Hall–Kier alpha value is -3.35. The lowest BCUT2D eigenvalue weighted by molar-refractivity contribution is -0.136. The van der Waals surface area contributed by atoms with E-state index in [0.717, 1.165) is 24.2 Å². The summed E-state index contributed by atoms with van der Waals surface area (Å²) in [6.07, 6.45) is 4.16. The van der Waals surface area contributed by atoms with E-state index in [1.807, 2.05) is 18.2 Å². The molecule has 0 saturated carbocycles. The number of nitrogens with zero attached hydrogens (tertiary/aromatic N) is 2. The van der Waals surface area contributed by atoms with E-state index in [2.05, 4.69) is 21.3 Å². The molecule has 7 nitrogen and oxygen atoms in total. The number of aliphatic imine (C=N–C) groups is 1. The number of piperidine rings is 1. The minimum atomic E-state index is -0.845. The number of hydrogen-bond donors (Lipinski definition) is 3. The third kappa shape index (κ3) is 6.07. The van der Waals surface area contributed by atoms with Crippen molar-refractivity contribution in [3.05, 3.63) is 65.2 Å². The van der Waals surface area contributed by atoms with Gasteiger partial charge in [-0.2, -0.15) is 0 Å². The molecule has 2 aromatic carbocycles. The quantitative estimate of drug-likeness (QED) is 0.482. The lowest BCUT2D eigenvalue weighted by atomic mass is 10.1. The highest BCUT2D eigenvalue weighted by atomic mass is 16.4. The van der Waals surface area contributed by atoms with E-state index in [1.165, 1.54) is 24.9 Å². The fourth-order valence-corrected chi connectivity index (χ4v) is 3.56. The Kier molecular flexibility index (Phi) is 7.43.